The molecule has 0 aliphatic carbocycles. The molecule has 1 N–H and O–H groups in total. The Morgan fingerprint density at radius 2 is 1.68 bits per heavy atom. The summed E-state index contributed by atoms with van der Waals surface area (Å²) < 4.78 is 17.2. The van der Waals surface area contributed by atoms with Gasteiger partial charge in [-0.1, -0.05) is 63.2 Å². The SMILES string of the molecule is CCOC(=O)CCCOc1ccc(C2(C)Nc3cccc(OCc4ccc(CC(C)C)cc4)c3C2C)cc1. The first-order chi connectivity index (χ1) is 18.3. The molecule has 0 bridgehead atoms. The molecule has 5 nitrogen and oxygen atoms in total. The molecule has 2 unspecified atom stereocenters. The number of esters is 1. The number of carbonyl (C=O) groups is 1. The van der Waals surface area contributed by atoms with E-state index in [9.17, 15) is 4.79 Å². The second-order valence-electron chi connectivity index (χ2n) is 10.8. The van der Waals surface area contributed by atoms with E-state index in [1.165, 1.54) is 22.3 Å². The van der Waals surface area contributed by atoms with E-state index in [0.29, 0.717) is 38.6 Å². The molecule has 3 aromatic rings. The Bertz CT molecular complexity index is 1200. The fraction of sp³-hybridized carbons (Fsp3) is 0.424. The summed E-state index contributed by atoms with van der Waals surface area (Å²) in [6.45, 7) is 12.2. The fourth-order valence-electron chi connectivity index (χ4n) is 5.17. The summed E-state index contributed by atoms with van der Waals surface area (Å²) in [5.41, 5.74) is 5.78. The molecule has 0 aromatic heterocycles. The van der Waals surface area contributed by atoms with Crippen LogP contribution in [0.15, 0.2) is 66.7 Å². The van der Waals surface area contributed by atoms with Crippen molar-refractivity contribution in [1.29, 1.82) is 0 Å². The van der Waals surface area contributed by atoms with E-state index < -0.39 is 0 Å². The zero-order chi connectivity index (χ0) is 27.1. The Morgan fingerprint density at radius 3 is 2.37 bits per heavy atom. The van der Waals surface area contributed by atoms with Crippen LogP contribution in [0.25, 0.3) is 0 Å². The third kappa shape index (κ3) is 6.50. The molecule has 202 valence electrons. The summed E-state index contributed by atoms with van der Waals surface area (Å²) in [5, 5.41) is 3.77. The van der Waals surface area contributed by atoms with Crippen LogP contribution in [-0.4, -0.2) is 19.2 Å². The summed E-state index contributed by atoms with van der Waals surface area (Å²) in [7, 11) is 0. The predicted octanol–water partition coefficient (Wildman–Crippen LogP) is 7.63. The lowest BCUT2D eigenvalue weighted by molar-refractivity contribution is -0.143. The van der Waals surface area contributed by atoms with E-state index in [4.69, 9.17) is 14.2 Å². The topological polar surface area (TPSA) is 56.8 Å². The van der Waals surface area contributed by atoms with Gasteiger partial charge in [0.25, 0.3) is 0 Å². The Kier molecular flexibility index (Phi) is 8.98. The first-order valence-corrected chi connectivity index (χ1v) is 13.8. The van der Waals surface area contributed by atoms with Gasteiger partial charge in [-0.15, -0.1) is 0 Å². The van der Waals surface area contributed by atoms with E-state index in [0.717, 1.165) is 23.6 Å². The predicted molar refractivity (Wildman–Crippen MR) is 153 cm³/mol. The number of carbonyl (C=O) groups excluding carboxylic acids is 1. The number of fused-ring (bicyclic) bond motifs is 1. The molecule has 0 saturated carbocycles. The number of hydrogen-bond donors (Lipinski definition) is 1. The van der Waals surface area contributed by atoms with Gasteiger partial charge in [0, 0.05) is 23.6 Å². The Hall–Kier alpha value is -3.47. The van der Waals surface area contributed by atoms with Crippen LogP contribution in [0.5, 0.6) is 11.5 Å². The van der Waals surface area contributed by atoms with Gasteiger partial charge in [0.1, 0.15) is 18.1 Å². The summed E-state index contributed by atoms with van der Waals surface area (Å²) in [6, 6.07) is 23.3. The lowest BCUT2D eigenvalue weighted by Crippen LogP contribution is -2.31. The molecule has 0 fully saturated rings. The van der Waals surface area contributed by atoms with Crippen molar-refractivity contribution in [2.75, 3.05) is 18.5 Å². The highest BCUT2D eigenvalue weighted by atomic mass is 16.5. The fourth-order valence-corrected chi connectivity index (χ4v) is 5.17. The number of hydrogen-bond acceptors (Lipinski definition) is 5. The number of rotatable bonds is 12. The monoisotopic (exact) mass is 515 g/mol. The molecule has 0 saturated heterocycles. The van der Waals surface area contributed by atoms with Crippen LogP contribution in [0.4, 0.5) is 5.69 Å². The summed E-state index contributed by atoms with van der Waals surface area (Å²) in [5.74, 6) is 2.41. The van der Waals surface area contributed by atoms with E-state index in [2.05, 4.69) is 87.6 Å². The van der Waals surface area contributed by atoms with Crippen LogP contribution in [-0.2, 0) is 28.1 Å². The lowest BCUT2D eigenvalue weighted by Gasteiger charge is -2.31. The van der Waals surface area contributed by atoms with Crippen molar-refractivity contribution in [3.05, 3.63) is 89.0 Å². The third-order valence-electron chi connectivity index (χ3n) is 7.37. The molecule has 2 atom stereocenters. The van der Waals surface area contributed by atoms with Gasteiger partial charge in [0.15, 0.2) is 0 Å². The van der Waals surface area contributed by atoms with Gasteiger partial charge in [-0.2, -0.15) is 0 Å². The van der Waals surface area contributed by atoms with Gasteiger partial charge in [-0.3, -0.25) is 4.79 Å². The first kappa shape index (κ1) is 27.6. The quantitative estimate of drug-likeness (QED) is 0.198. The minimum Gasteiger partial charge on any atom is -0.494 e. The largest absolute Gasteiger partial charge is 0.494 e. The van der Waals surface area contributed by atoms with Crippen LogP contribution in [0.2, 0.25) is 0 Å². The van der Waals surface area contributed by atoms with Crippen molar-refractivity contribution in [1.82, 2.24) is 0 Å². The minimum atomic E-state index is -0.275. The lowest BCUT2D eigenvalue weighted by atomic mass is 9.80. The molecule has 0 radical (unpaired) electrons. The minimum absolute atomic E-state index is 0.178. The van der Waals surface area contributed by atoms with E-state index in [1.54, 1.807) is 0 Å². The smallest absolute Gasteiger partial charge is 0.305 e. The third-order valence-corrected chi connectivity index (χ3v) is 7.37. The van der Waals surface area contributed by atoms with Crippen molar-refractivity contribution < 1.29 is 19.0 Å². The van der Waals surface area contributed by atoms with Gasteiger partial charge < -0.3 is 19.5 Å². The van der Waals surface area contributed by atoms with E-state index in [1.807, 2.05) is 19.1 Å². The molecule has 1 aliphatic rings. The van der Waals surface area contributed by atoms with Crippen molar-refractivity contribution in [2.45, 2.75) is 71.9 Å². The zero-order valence-electron chi connectivity index (χ0n) is 23.4. The van der Waals surface area contributed by atoms with Crippen LogP contribution in [0.3, 0.4) is 0 Å². The van der Waals surface area contributed by atoms with Crippen molar-refractivity contribution in [3.8, 4) is 11.5 Å². The van der Waals surface area contributed by atoms with Crippen LogP contribution in [0.1, 0.15) is 75.6 Å². The maximum absolute atomic E-state index is 11.5. The van der Waals surface area contributed by atoms with Crippen molar-refractivity contribution in [3.63, 3.8) is 0 Å². The molecule has 4 rings (SSSR count). The molecule has 38 heavy (non-hydrogen) atoms. The number of ether oxygens (including phenoxy) is 3. The first-order valence-electron chi connectivity index (χ1n) is 13.8. The molecule has 1 aliphatic heterocycles. The van der Waals surface area contributed by atoms with Crippen LogP contribution >= 0.6 is 0 Å². The summed E-state index contributed by atoms with van der Waals surface area (Å²) >= 11 is 0. The standard InChI is InChI=1S/C33H41NO4/c1-6-36-31(35)11-8-20-37-28-18-16-27(17-19-28)33(5)24(4)32-29(34-33)9-7-10-30(32)38-22-26-14-12-25(13-15-26)21-23(2)3/h7,9-10,12-19,23-24,34H,6,8,11,20-22H2,1-5H3. The number of anilines is 1. The van der Waals surface area contributed by atoms with Crippen molar-refractivity contribution >= 4 is 11.7 Å². The maximum Gasteiger partial charge on any atom is 0.305 e. The molecular formula is C33H41NO4. The Balaban J connectivity index is 1.39. The van der Waals surface area contributed by atoms with E-state index in [-0.39, 0.29) is 17.4 Å². The Morgan fingerprint density at radius 1 is 0.974 bits per heavy atom. The molecule has 0 amide bonds. The zero-order valence-corrected chi connectivity index (χ0v) is 23.4. The van der Waals surface area contributed by atoms with Crippen LogP contribution in [0, 0.1) is 5.92 Å². The highest BCUT2D eigenvalue weighted by molar-refractivity contribution is 5.69. The number of benzene rings is 3. The van der Waals surface area contributed by atoms with Gasteiger partial charge in [-0.05, 0) is 73.6 Å². The highest BCUT2D eigenvalue weighted by Gasteiger charge is 2.42. The molecule has 3 aromatic carbocycles. The average Bonchev–Trinajstić information content (AvgIpc) is 3.17. The number of nitrogens with one attached hydrogen (secondary N) is 1. The van der Waals surface area contributed by atoms with Gasteiger partial charge in [0.05, 0.1) is 18.8 Å². The van der Waals surface area contributed by atoms with Gasteiger partial charge in [-0.25, -0.2) is 0 Å². The normalized spacial score (nSPS) is 18.1. The van der Waals surface area contributed by atoms with Gasteiger partial charge >= 0.3 is 5.97 Å². The summed E-state index contributed by atoms with van der Waals surface area (Å²) in [4.78, 5) is 11.5. The average molecular weight is 516 g/mol. The maximum atomic E-state index is 11.5. The molecule has 0 spiro atoms. The highest BCUT2D eigenvalue weighted by Crippen LogP contribution is 2.51. The summed E-state index contributed by atoms with van der Waals surface area (Å²) in [6.07, 6.45) is 2.10. The molecular weight excluding hydrogens is 474 g/mol. The van der Waals surface area contributed by atoms with Crippen LogP contribution < -0.4 is 14.8 Å². The molecule has 5 heteroatoms. The second kappa shape index (κ2) is 12.4. The Labute approximate surface area is 227 Å². The molecule has 1 heterocycles. The van der Waals surface area contributed by atoms with Crippen molar-refractivity contribution in [2.24, 2.45) is 5.92 Å². The second-order valence-corrected chi connectivity index (χ2v) is 10.8. The van der Waals surface area contributed by atoms with E-state index >= 15 is 0 Å². The van der Waals surface area contributed by atoms with Gasteiger partial charge in [0.2, 0.25) is 0 Å².